The lowest BCUT2D eigenvalue weighted by Gasteiger charge is -2.12. The van der Waals surface area contributed by atoms with Crippen LogP contribution in [0.15, 0.2) is 28.8 Å². The molecule has 2 heterocycles. The first-order valence-electron chi connectivity index (χ1n) is 5.19. The van der Waals surface area contributed by atoms with Crippen LogP contribution >= 0.6 is 11.6 Å². The largest absolute Gasteiger partial charge is 0.448 e. The predicted molar refractivity (Wildman–Crippen MR) is 62.4 cm³/mol. The minimum absolute atomic E-state index is 0.0429. The van der Waals surface area contributed by atoms with E-state index in [0.717, 1.165) is 18.0 Å². The maximum atomic E-state index is 5.78. The van der Waals surface area contributed by atoms with Crippen LogP contribution < -0.4 is 5.32 Å². The van der Waals surface area contributed by atoms with Crippen LogP contribution in [0.4, 0.5) is 0 Å². The lowest BCUT2D eigenvalue weighted by Crippen LogP contribution is -2.22. The third kappa shape index (κ3) is 2.28. The van der Waals surface area contributed by atoms with Crippen molar-refractivity contribution in [2.75, 3.05) is 6.54 Å². The van der Waals surface area contributed by atoms with E-state index < -0.39 is 0 Å². The Bertz CT molecular complexity index is 423. The highest BCUT2D eigenvalue weighted by Crippen LogP contribution is 2.24. The Balaban J connectivity index is 2.30. The van der Waals surface area contributed by atoms with Crippen LogP contribution in [0.1, 0.15) is 24.4 Å². The average molecular weight is 240 g/mol. The SMILES string of the molecule is CCNC(c1ccn(C)n1)c1ccc(Cl)o1. The molecular weight excluding hydrogens is 226 g/mol. The summed E-state index contributed by atoms with van der Waals surface area (Å²) in [5.74, 6) is 0.783. The zero-order chi connectivity index (χ0) is 11.5. The van der Waals surface area contributed by atoms with E-state index in [-0.39, 0.29) is 6.04 Å². The van der Waals surface area contributed by atoms with Gasteiger partial charge in [0.2, 0.25) is 0 Å². The molecule has 86 valence electrons. The van der Waals surface area contributed by atoms with E-state index in [1.54, 1.807) is 10.7 Å². The number of aryl methyl sites for hydroxylation is 1. The van der Waals surface area contributed by atoms with Gasteiger partial charge in [0.05, 0.1) is 5.69 Å². The van der Waals surface area contributed by atoms with Crippen molar-refractivity contribution in [1.82, 2.24) is 15.1 Å². The molecule has 0 aliphatic heterocycles. The molecule has 2 rings (SSSR count). The molecule has 1 N–H and O–H groups in total. The fraction of sp³-hybridized carbons (Fsp3) is 0.364. The summed E-state index contributed by atoms with van der Waals surface area (Å²) < 4.78 is 7.18. The summed E-state index contributed by atoms with van der Waals surface area (Å²) in [5, 5.41) is 8.08. The number of aromatic nitrogens is 2. The maximum absolute atomic E-state index is 5.78. The van der Waals surface area contributed by atoms with Crippen molar-refractivity contribution in [1.29, 1.82) is 0 Å². The van der Waals surface area contributed by atoms with Crippen LogP contribution in [-0.4, -0.2) is 16.3 Å². The quantitative estimate of drug-likeness (QED) is 0.891. The van der Waals surface area contributed by atoms with Gasteiger partial charge in [0.25, 0.3) is 0 Å². The van der Waals surface area contributed by atoms with Gasteiger partial charge < -0.3 is 9.73 Å². The molecule has 0 saturated carbocycles. The van der Waals surface area contributed by atoms with Gasteiger partial charge in [-0.15, -0.1) is 0 Å². The number of halogens is 1. The lowest BCUT2D eigenvalue weighted by atomic mass is 10.1. The molecule has 1 unspecified atom stereocenters. The monoisotopic (exact) mass is 239 g/mol. The van der Waals surface area contributed by atoms with Crippen LogP contribution in [0.2, 0.25) is 5.22 Å². The Hall–Kier alpha value is -1.26. The van der Waals surface area contributed by atoms with Gasteiger partial charge in [-0.2, -0.15) is 5.10 Å². The highest BCUT2D eigenvalue weighted by atomic mass is 35.5. The molecular formula is C11H14ClN3O. The van der Waals surface area contributed by atoms with Gasteiger partial charge in [0.1, 0.15) is 11.8 Å². The molecule has 0 fully saturated rings. The van der Waals surface area contributed by atoms with E-state index in [9.17, 15) is 0 Å². The Labute approximate surface area is 99.2 Å². The van der Waals surface area contributed by atoms with Crippen molar-refractivity contribution in [3.05, 3.63) is 41.1 Å². The second-order valence-corrected chi connectivity index (χ2v) is 3.92. The minimum atomic E-state index is -0.0429. The first-order valence-corrected chi connectivity index (χ1v) is 5.56. The lowest BCUT2D eigenvalue weighted by molar-refractivity contribution is 0.446. The molecule has 0 saturated heterocycles. The van der Waals surface area contributed by atoms with Crippen LogP contribution in [0, 0.1) is 0 Å². The average Bonchev–Trinajstić information content (AvgIpc) is 2.84. The Morgan fingerprint density at radius 2 is 2.31 bits per heavy atom. The minimum Gasteiger partial charge on any atom is -0.448 e. The fourth-order valence-electron chi connectivity index (χ4n) is 1.63. The topological polar surface area (TPSA) is 43.0 Å². The second kappa shape index (κ2) is 4.72. The zero-order valence-corrected chi connectivity index (χ0v) is 10.0. The molecule has 0 aliphatic carbocycles. The number of hydrogen-bond acceptors (Lipinski definition) is 3. The molecule has 4 nitrogen and oxygen atoms in total. The molecule has 2 aromatic heterocycles. The summed E-state index contributed by atoms with van der Waals surface area (Å²) in [6, 6.07) is 5.52. The zero-order valence-electron chi connectivity index (χ0n) is 9.27. The third-order valence-corrected chi connectivity index (χ3v) is 2.52. The van der Waals surface area contributed by atoms with E-state index in [1.807, 2.05) is 32.3 Å². The van der Waals surface area contributed by atoms with Crippen LogP contribution in [0.5, 0.6) is 0 Å². The van der Waals surface area contributed by atoms with Crippen molar-refractivity contribution in [2.45, 2.75) is 13.0 Å². The van der Waals surface area contributed by atoms with E-state index in [0.29, 0.717) is 5.22 Å². The second-order valence-electron chi connectivity index (χ2n) is 3.55. The van der Waals surface area contributed by atoms with E-state index >= 15 is 0 Å². The van der Waals surface area contributed by atoms with Crippen molar-refractivity contribution in [3.8, 4) is 0 Å². The highest BCUT2D eigenvalue weighted by molar-refractivity contribution is 6.28. The summed E-state index contributed by atoms with van der Waals surface area (Å²) in [5.41, 5.74) is 0.926. The van der Waals surface area contributed by atoms with Gasteiger partial charge >= 0.3 is 0 Å². The summed E-state index contributed by atoms with van der Waals surface area (Å²) in [7, 11) is 1.89. The number of furan rings is 1. The Morgan fingerprint density at radius 3 is 2.81 bits per heavy atom. The fourth-order valence-corrected chi connectivity index (χ4v) is 1.78. The molecule has 0 amide bonds. The summed E-state index contributed by atoms with van der Waals surface area (Å²) in [6.45, 7) is 2.88. The number of nitrogens with zero attached hydrogens (tertiary/aromatic N) is 2. The van der Waals surface area contributed by atoms with Crippen LogP contribution in [-0.2, 0) is 7.05 Å². The summed E-state index contributed by atoms with van der Waals surface area (Å²) in [4.78, 5) is 0. The highest BCUT2D eigenvalue weighted by Gasteiger charge is 2.18. The van der Waals surface area contributed by atoms with Crippen molar-refractivity contribution < 1.29 is 4.42 Å². The molecule has 0 spiro atoms. The first kappa shape index (κ1) is 11.2. The van der Waals surface area contributed by atoms with Gasteiger partial charge in [-0.3, -0.25) is 4.68 Å². The Morgan fingerprint density at radius 1 is 1.50 bits per heavy atom. The van der Waals surface area contributed by atoms with E-state index in [1.165, 1.54) is 0 Å². The summed E-state index contributed by atoms with van der Waals surface area (Å²) >= 11 is 5.78. The molecule has 16 heavy (non-hydrogen) atoms. The van der Waals surface area contributed by atoms with Crippen molar-refractivity contribution in [2.24, 2.45) is 7.05 Å². The standard InChI is InChI=1S/C11H14ClN3O/c1-3-13-11(8-6-7-15(2)14-8)9-4-5-10(12)16-9/h4-7,11,13H,3H2,1-2H3. The molecule has 0 aromatic carbocycles. The third-order valence-electron chi connectivity index (χ3n) is 2.32. The van der Waals surface area contributed by atoms with Gasteiger partial charge in [-0.05, 0) is 36.3 Å². The van der Waals surface area contributed by atoms with Crippen molar-refractivity contribution >= 4 is 11.6 Å². The van der Waals surface area contributed by atoms with Crippen LogP contribution in [0.25, 0.3) is 0 Å². The number of hydrogen-bond donors (Lipinski definition) is 1. The number of rotatable bonds is 4. The van der Waals surface area contributed by atoms with Gasteiger partial charge in [0, 0.05) is 13.2 Å². The molecule has 2 aromatic rings. The maximum Gasteiger partial charge on any atom is 0.193 e. The normalized spacial score (nSPS) is 12.9. The van der Waals surface area contributed by atoms with Gasteiger partial charge in [-0.25, -0.2) is 0 Å². The van der Waals surface area contributed by atoms with Gasteiger partial charge in [0.15, 0.2) is 5.22 Å². The molecule has 0 aliphatic rings. The van der Waals surface area contributed by atoms with E-state index in [4.69, 9.17) is 16.0 Å². The smallest absolute Gasteiger partial charge is 0.193 e. The molecule has 0 radical (unpaired) electrons. The molecule has 1 atom stereocenters. The van der Waals surface area contributed by atoms with Gasteiger partial charge in [-0.1, -0.05) is 6.92 Å². The predicted octanol–water partition coefficient (Wildman–Crippen LogP) is 2.37. The molecule has 5 heteroatoms. The van der Waals surface area contributed by atoms with Crippen molar-refractivity contribution in [3.63, 3.8) is 0 Å². The molecule has 0 bridgehead atoms. The summed E-state index contributed by atoms with van der Waals surface area (Å²) in [6.07, 6.45) is 1.91. The Kier molecular flexibility index (Phi) is 3.31. The first-order chi connectivity index (χ1) is 7.70. The van der Waals surface area contributed by atoms with E-state index in [2.05, 4.69) is 10.4 Å². The van der Waals surface area contributed by atoms with Crippen LogP contribution in [0.3, 0.4) is 0 Å². The number of nitrogens with one attached hydrogen (secondary N) is 1.